The molecule has 5 rings (SSSR count). The minimum atomic E-state index is -0.718. The Morgan fingerprint density at radius 1 is 1.15 bits per heavy atom. The molecule has 2 N–H and O–H groups in total. The molecule has 0 radical (unpaired) electrons. The molecule has 0 spiro atoms. The fraction of sp³-hybridized carbons (Fsp3) is 0.208. The second-order valence-corrected chi connectivity index (χ2v) is 8.05. The summed E-state index contributed by atoms with van der Waals surface area (Å²) in [5, 5.41) is 5.21. The number of amides is 4. The minimum absolute atomic E-state index is 0.153. The predicted octanol–water partition coefficient (Wildman–Crippen LogP) is 1.56. The van der Waals surface area contributed by atoms with Crippen molar-refractivity contribution in [1.29, 1.82) is 0 Å². The van der Waals surface area contributed by atoms with Crippen molar-refractivity contribution >= 4 is 23.6 Å². The molecule has 2 aromatic carbocycles. The van der Waals surface area contributed by atoms with Crippen LogP contribution in [0.3, 0.4) is 0 Å². The van der Waals surface area contributed by atoms with Gasteiger partial charge in [-0.1, -0.05) is 18.2 Å². The fourth-order valence-electron chi connectivity index (χ4n) is 4.31. The van der Waals surface area contributed by atoms with Crippen molar-refractivity contribution in [2.75, 3.05) is 0 Å². The first-order chi connectivity index (χ1) is 16.0. The Morgan fingerprint density at radius 2 is 2.00 bits per heavy atom. The summed E-state index contributed by atoms with van der Waals surface area (Å²) in [5.41, 5.74) is 3.27. The van der Waals surface area contributed by atoms with E-state index in [2.05, 4.69) is 15.6 Å². The SMILES string of the molecule is O=C1CCC(N2Cc3c(C(=O)NCc4cccc(-n5ccnc5)c4)cccc3C2=O)C(=O)N1. The number of fused-ring (bicyclic) bond motifs is 1. The first-order valence-electron chi connectivity index (χ1n) is 10.6. The average molecular weight is 443 g/mol. The van der Waals surface area contributed by atoms with Gasteiger partial charge in [-0.2, -0.15) is 0 Å². The third-order valence-electron chi connectivity index (χ3n) is 5.99. The van der Waals surface area contributed by atoms with E-state index in [0.717, 1.165) is 11.3 Å². The highest BCUT2D eigenvalue weighted by Crippen LogP contribution is 2.29. The zero-order valence-corrected chi connectivity index (χ0v) is 17.7. The minimum Gasteiger partial charge on any atom is -0.348 e. The largest absolute Gasteiger partial charge is 0.348 e. The number of nitrogens with one attached hydrogen (secondary N) is 2. The second-order valence-electron chi connectivity index (χ2n) is 8.05. The molecule has 1 saturated heterocycles. The Balaban J connectivity index is 1.32. The molecule has 2 aliphatic rings. The molecule has 1 fully saturated rings. The second kappa shape index (κ2) is 8.34. The number of aromatic nitrogens is 2. The predicted molar refractivity (Wildman–Crippen MR) is 117 cm³/mol. The van der Waals surface area contributed by atoms with Crippen LogP contribution in [0.1, 0.15) is 44.7 Å². The van der Waals surface area contributed by atoms with Crippen LogP contribution in [0.5, 0.6) is 0 Å². The lowest BCUT2D eigenvalue weighted by Gasteiger charge is -2.29. The molecule has 0 aliphatic carbocycles. The molecule has 0 saturated carbocycles. The monoisotopic (exact) mass is 443 g/mol. The number of carbonyl (C=O) groups is 4. The number of hydrogen-bond acceptors (Lipinski definition) is 5. The maximum absolute atomic E-state index is 13.0. The van der Waals surface area contributed by atoms with E-state index in [0.29, 0.717) is 23.2 Å². The zero-order chi connectivity index (χ0) is 22.9. The van der Waals surface area contributed by atoms with E-state index in [1.54, 1.807) is 30.7 Å². The van der Waals surface area contributed by atoms with Gasteiger partial charge in [0.1, 0.15) is 6.04 Å². The van der Waals surface area contributed by atoms with Gasteiger partial charge in [0.2, 0.25) is 11.8 Å². The average Bonchev–Trinajstić information content (AvgIpc) is 3.47. The van der Waals surface area contributed by atoms with Crippen molar-refractivity contribution in [2.24, 2.45) is 0 Å². The summed E-state index contributed by atoms with van der Waals surface area (Å²) in [6.45, 7) is 0.468. The number of rotatable bonds is 5. The number of piperidine rings is 1. The number of imide groups is 1. The quantitative estimate of drug-likeness (QED) is 0.581. The molecule has 0 bridgehead atoms. The van der Waals surface area contributed by atoms with Crippen molar-refractivity contribution in [1.82, 2.24) is 25.1 Å². The van der Waals surface area contributed by atoms with E-state index in [1.165, 1.54) is 4.90 Å². The topological polar surface area (TPSA) is 113 Å². The van der Waals surface area contributed by atoms with E-state index >= 15 is 0 Å². The number of benzene rings is 2. The highest BCUT2D eigenvalue weighted by Gasteiger charge is 2.40. The molecule has 1 atom stereocenters. The van der Waals surface area contributed by atoms with Crippen LogP contribution in [0.4, 0.5) is 0 Å². The van der Waals surface area contributed by atoms with Crippen LogP contribution in [0.15, 0.2) is 61.2 Å². The van der Waals surface area contributed by atoms with Gasteiger partial charge >= 0.3 is 0 Å². The van der Waals surface area contributed by atoms with E-state index in [9.17, 15) is 19.2 Å². The highest BCUT2D eigenvalue weighted by atomic mass is 16.2. The van der Waals surface area contributed by atoms with Gasteiger partial charge in [0, 0.05) is 48.7 Å². The van der Waals surface area contributed by atoms with Gasteiger partial charge < -0.3 is 14.8 Å². The smallest absolute Gasteiger partial charge is 0.255 e. The molecule has 9 nitrogen and oxygen atoms in total. The van der Waals surface area contributed by atoms with Gasteiger partial charge in [0.25, 0.3) is 11.8 Å². The van der Waals surface area contributed by atoms with Gasteiger partial charge in [-0.05, 0) is 41.8 Å². The molecule has 9 heteroatoms. The Labute approximate surface area is 189 Å². The normalized spacial score (nSPS) is 17.6. The fourth-order valence-corrected chi connectivity index (χ4v) is 4.31. The van der Waals surface area contributed by atoms with Crippen LogP contribution < -0.4 is 10.6 Å². The Kier molecular flexibility index (Phi) is 5.21. The van der Waals surface area contributed by atoms with Crippen molar-refractivity contribution < 1.29 is 19.2 Å². The number of hydrogen-bond donors (Lipinski definition) is 2. The molecular formula is C24H21N5O4. The Morgan fingerprint density at radius 3 is 2.79 bits per heavy atom. The number of imidazole rings is 1. The number of nitrogens with zero attached hydrogens (tertiary/aromatic N) is 3. The van der Waals surface area contributed by atoms with E-state index < -0.39 is 11.9 Å². The zero-order valence-electron chi connectivity index (χ0n) is 17.7. The first kappa shape index (κ1) is 20.6. The molecule has 3 aromatic rings. The standard InChI is InChI=1S/C24H21N5O4/c30-21-8-7-20(23(32)27-21)29-13-19-17(5-2-6-18(19)24(29)33)22(31)26-12-15-3-1-4-16(11-15)28-10-9-25-14-28/h1-6,9-11,14,20H,7-8,12-13H2,(H,26,31)(H,27,30,32). The van der Waals surface area contributed by atoms with Crippen LogP contribution in [0, 0.1) is 0 Å². The first-order valence-corrected chi connectivity index (χ1v) is 10.6. The van der Waals surface area contributed by atoms with E-state index in [4.69, 9.17) is 0 Å². The third kappa shape index (κ3) is 3.89. The van der Waals surface area contributed by atoms with Crippen molar-refractivity contribution in [3.63, 3.8) is 0 Å². The Hall–Kier alpha value is -4.27. The summed E-state index contributed by atoms with van der Waals surface area (Å²) < 4.78 is 1.88. The molecule has 1 aromatic heterocycles. The van der Waals surface area contributed by atoms with Gasteiger partial charge in [-0.15, -0.1) is 0 Å². The van der Waals surface area contributed by atoms with Crippen molar-refractivity contribution in [3.8, 4) is 5.69 Å². The van der Waals surface area contributed by atoms with Crippen LogP contribution in [-0.4, -0.2) is 44.1 Å². The van der Waals surface area contributed by atoms with Crippen LogP contribution >= 0.6 is 0 Å². The molecule has 2 aliphatic heterocycles. The summed E-state index contributed by atoms with van der Waals surface area (Å²) in [4.78, 5) is 55.2. The van der Waals surface area contributed by atoms with Gasteiger partial charge in [-0.3, -0.25) is 24.5 Å². The summed E-state index contributed by atoms with van der Waals surface area (Å²) in [5.74, 6) is -1.41. The van der Waals surface area contributed by atoms with Crippen molar-refractivity contribution in [2.45, 2.75) is 32.0 Å². The molecule has 4 amide bonds. The lowest BCUT2D eigenvalue weighted by Crippen LogP contribution is -2.52. The lowest BCUT2D eigenvalue weighted by atomic mass is 10.0. The van der Waals surface area contributed by atoms with Gasteiger partial charge in [0.05, 0.1) is 6.33 Å². The van der Waals surface area contributed by atoms with Gasteiger partial charge in [-0.25, -0.2) is 4.98 Å². The number of carbonyl (C=O) groups excluding carboxylic acids is 4. The third-order valence-corrected chi connectivity index (χ3v) is 5.99. The summed E-state index contributed by atoms with van der Waals surface area (Å²) >= 11 is 0. The summed E-state index contributed by atoms with van der Waals surface area (Å²) in [7, 11) is 0. The Bertz CT molecular complexity index is 1270. The van der Waals surface area contributed by atoms with Crippen LogP contribution in [0.25, 0.3) is 5.69 Å². The van der Waals surface area contributed by atoms with Crippen LogP contribution in [-0.2, 0) is 22.7 Å². The molecular weight excluding hydrogens is 422 g/mol. The molecule has 3 heterocycles. The highest BCUT2D eigenvalue weighted by molar-refractivity contribution is 6.07. The maximum atomic E-state index is 13.0. The molecule has 1 unspecified atom stereocenters. The molecule has 166 valence electrons. The van der Waals surface area contributed by atoms with E-state index in [-0.39, 0.29) is 37.1 Å². The lowest BCUT2D eigenvalue weighted by molar-refractivity contribution is -0.136. The van der Waals surface area contributed by atoms with Gasteiger partial charge in [0.15, 0.2) is 0 Å². The maximum Gasteiger partial charge on any atom is 0.255 e. The van der Waals surface area contributed by atoms with E-state index in [1.807, 2.05) is 35.0 Å². The molecule has 33 heavy (non-hydrogen) atoms. The van der Waals surface area contributed by atoms with Crippen molar-refractivity contribution in [3.05, 3.63) is 83.4 Å². The van der Waals surface area contributed by atoms with Crippen LogP contribution in [0.2, 0.25) is 0 Å². The summed E-state index contributed by atoms with van der Waals surface area (Å²) in [6.07, 6.45) is 5.71. The summed E-state index contributed by atoms with van der Waals surface area (Å²) in [6, 6.07) is 12.0.